The number of nitrogens with two attached hydrogens (primary N) is 3. The molecule has 1 amide bonds. The minimum Gasteiger partial charge on any atom is -0.412 e. The molecule has 12 heteroatoms. The molecule has 0 aliphatic carbocycles. The van der Waals surface area contributed by atoms with Gasteiger partial charge >= 0.3 is 0 Å². The van der Waals surface area contributed by atoms with Crippen molar-refractivity contribution in [2.45, 2.75) is 18.9 Å². The number of hydrogen-bond acceptors (Lipinski definition) is 6. The van der Waals surface area contributed by atoms with Crippen LogP contribution >= 0.6 is 11.9 Å². The molecule has 0 aliphatic rings. The Hall–Kier alpha value is -2.47. The molecule has 0 unspecified atom stereocenters. The van der Waals surface area contributed by atoms with Crippen molar-refractivity contribution in [1.82, 2.24) is 0 Å². The Morgan fingerprint density at radius 3 is 2.33 bits per heavy atom. The lowest BCUT2D eigenvalue weighted by Crippen LogP contribution is -2.35. The summed E-state index contributed by atoms with van der Waals surface area (Å²) in [5.74, 6) is -0.368. The van der Waals surface area contributed by atoms with Crippen molar-refractivity contribution < 1.29 is 19.9 Å². The highest BCUT2D eigenvalue weighted by atomic mass is 35.5. The lowest BCUT2D eigenvalue weighted by atomic mass is 10.1. The normalized spacial score (nSPS) is 10.3. The molecule has 1 aromatic carbocycles. The molecular weight excluding hydrogens is 344 g/mol. The fourth-order valence-corrected chi connectivity index (χ4v) is 1.55. The van der Waals surface area contributed by atoms with E-state index in [-0.39, 0.29) is 23.0 Å². The monoisotopic (exact) mass is 364 g/mol. The number of non-ortho nitro benzene ring substituents is 1. The zero-order valence-corrected chi connectivity index (χ0v) is 13.4. The number of nitro groups is 1. The maximum atomic E-state index is 11.8. The van der Waals surface area contributed by atoms with Gasteiger partial charge in [0.15, 0.2) is 5.96 Å². The highest BCUT2D eigenvalue weighted by Crippen LogP contribution is 2.15. The van der Waals surface area contributed by atoms with Gasteiger partial charge in [-0.3, -0.25) is 24.6 Å². The number of halogens is 1. The summed E-state index contributed by atoms with van der Waals surface area (Å²) in [4.78, 5) is 25.6. The molecule has 0 fully saturated rings. The van der Waals surface area contributed by atoms with Crippen LogP contribution in [0.3, 0.4) is 0 Å². The molecule has 24 heavy (non-hydrogen) atoms. The smallest absolute Gasteiger partial charge is 0.269 e. The average Bonchev–Trinajstić information content (AvgIpc) is 2.53. The first-order valence-corrected chi connectivity index (χ1v) is 6.77. The van der Waals surface area contributed by atoms with Crippen LogP contribution in [0.2, 0.25) is 0 Å². The lowest BCUT2D eigenvalue weighted by molar-refractivity contribution is -0.384. The van der Waals surface area contributed by atoms with Crippen LogP contribution in [-0.4, -0.2) is 39.5 Å². The van der Waals surface area contributed by atoms with Crippen LogP contribution < -0.4 is 22.5 Å². The van der Waals surface area contributed by atoms with E-state index in [9.17, 15) is 14.9 Å². The maximum absolute atomic E-state index is 11.8. The number of carbonyl (C=O) groups excluding carboxylic acids is 1. The van der Waals surface area contributed by atoms with E-state index in [1.54, 1.807) is 0 Å². The molecule has 1 rings (SSSR count). The number of rotatable bonds is 7. The van der Waals surface area contributed by atoms with E-state index in [1.807, 2.05) is 0 Å². The second-order valence-corrected chi connectivity index (χ2v) is 4.35. The molecule has 1 atom stereocenters. The highest BCUT2D eigenvalue weighted by molar-refractivity contribution is 6.04. The van der Waals surface area contributed by atoms with Gasteiger partial charge in [0.25, 0.3) is 5.69 Å². The Morgan fingerprint density at radius 1 is 1.33 bits per heavy atom. The molecule has 136 valence electrons. The van der Waals surface area contributed by atoms with E-state index in [0.717, 1.165) is 0 Å². The predicted octanol–water partition coefficient (Wildman–Crippen LogP) is -0.778. The van der Waals surface area contributed by atoms with Crippen molar-refractivity contribution in [3.8, 4) is 0 Å². The van der Waals surface area contributed by atoms with E-state index in [4.69, 9.17) is 21.9 Å². The van der Waals surface area contributed by atoms with E-state index < -0.39 is 11.0 Å². The van der Waals surface area contributed by atoms with Crippen molar-refractivity contribution in [2.24, 2.45) is 22.2 Å². The first kappa shape index (κ1) is 23.8. The number of nitro benzene ring substituents is 1. The molecule has 0 saturated heterocycles. The van der Waals surface area contributed by atoms with Crippen LogP contribution in [0, 0.1) is 10.1 Å². The highest BCUT2D eigenvalue weighted by Gasteiger charge is 2.13. The second kappa shape index (κ2) is 13.0. The molecule has 0 aromatic heterocycles. The van der Waals surface area contributed by atoms with Gasteiger partial charge in [0.1, 0.15) is 0 Å². The summed E-state index contributed by atoms with van der Waals surface area (Å²) in [7, 11) is 0. The molecule has 0 heterocycles. The van der Waals surface area contributed by atoms with Crippen molar-refractivity contribution in [3.63, 3.8) is 0 Å². The van der Waals surface area contributed by atoms with Crippen LogP contribution in [0.4, 0.5) is 11.4 Å². The number of carbonyl (C=O) groups is 1. The van der Waals surface area contributed by atoms with Crippen LogP contribution in [0.15, 0.2) is 29.3 Å². The van der Waals surface area contributed by atoms with Gasteiger partial charge in [-0.25, -0.2) is 0 Å². The van der Waals surface area contributed by atoms with Gasteiger partial charge in [-0.15, -0.1) is 0 Å². The first-order chi connectivity index (χ1) is 10.9. The van der Waals surface area contributed by atoms with E-state index in [0.29, 0.717) is 25.1 Å². The molecule has 11 nitrogen and oxygen atoms in total. The number of anilines is 1. The van der Waals surface area contributed by atoms with Crippen LogP contribution in [-0.2, 0) is 4.79 Å². The first-order valence-electron chi connectivity index (χ1n) is 6.43. The topological polar surface area (TPSA) is 214 Å². The van der Waals surface area contributed by atoms with Gasteiger partial charge < -0.3 is 28.0 Å². The third-order valence-electron chi connectivity index (χ3n) is 2.65. The van der Waals surface area contributed by atoms with E-state index in [1.165, 1.54) is 24.3 Å². The number of guanidine groups is 1. The minimum atomic E-state index is -0.700. The summed E-state index contributed by atoms with van der Waals surface area (Å²) in [6, 6.07) is 4.80. The fraction of sp³-hybridized carbons (Fsp3) is 0.333. The Balaban J connectivity index is 0. The zero-order chi connectivity index (χ0) is 17.8. The van der Waals surface area contributed by atoms with Gasteiger partial charge in [-0.05, 0) is 25.0 Å². The Morgan fingerprint density at radius 2 is 1.88 bits per heavy atom. The summed E-state index contributed by atoms with van der Waals surface area (Å²) >= 11 is 3.64. The molecule has 0 bridgehead atoms. The largest absolute Gasteiger partial charge is 0.412 e. The number of benzene rings is 1. The number of amides is 1. The van der Waals surface area contributed by atoms with E-state index in [2.05, 4.69) is 22.2 Å². The second-order valence-electron chi connectivity index (χ2n) is 4.35. The summed E-state index contributed by atoms with van der Waals surface area (Å²) in [5.41, 5.74) is 16.5. The minimum absolute atomic E-state index is 0. The molecule has 0 spiro atoms. The Bertz CT molecular complexity index is 535. The number of hydrogen-bond donors (Lipinski definition) is 5. The van der Waals surface area contributed by atoms with Gasteiger partial charge in [-0.2, -0.15) is 0 Å². The summed E-state index contributed by atoms with van der Waals surface area (Å²) in [6.07, 6.45) is 1.00. The molecular formula is C12H21ClN6O5. The number of nitrogens with zero attached hydrogens (tertiary/aromatic N) is 2. The standard InChI is InChI=1S/C12H18N6O3.ClHO.H2O/c13-10(2-1-7-16-12(14)15)11(19)17-8-3-5-9(6-4-8)18(20)21;1-2;/h3-6,10H,1-2,7,13H2,(H,17,19)(H4,14,15,16);2H;1H2/t10-;;/m0../s1. The average molecular weight is 365 g/mol. The third-order valence-corrected chi connectivity index (χ3v) is 2.65. The van der Waals surface area contributed by atoms with Crippen molar-refractivity contribution in [1.29, 1.82) is 0 Å². The summed E-state index contributed by atoms with van der Waals surface area (Å²) in [5, 5.41) is 13.1. The van der Waals surface area contributed by atoms with E-state index >= 15 is 0 Å². The third kappa shape index (κ3) is 9.53. The van der Waals surface area contributed by atoms with Crippen molar-refractivity contribution >= 4 is 35.1 Å². The van der Waals surface area contributed by atoms with Gasteiger partial charge in [0.05, 0.1) is 22.8 Å². The molecule has 0 radical (unpaired) electrons. The van der Waals surface area contributed by atoms with Gasteiger partial charge in [0, 0.05) is 24.4 Å². The predicted molar refractivity (Wildman–Crippen MR) is 91.3 cm³/mol. The lowest BCUT2D eigenvalue weighted by Gasteiger charge is -2.11. The summed E-state index contributed by atoms with van der Waals surface area (Å²) < 4.78 is 6.47. The Kier molecular flexibility index (Phi) is 12.9. The van der Waals surface area contributed by atoms with Crippen molar-refractivity contribution in [3.05, 3.63) is 34.4 Å². The quantitative estimate of drug-likeness (QED) is 0.136. The van der Waals surface area contributed by atoms with Crippen LogP contribution in [0.1, 0.15) is 12.8 Å². The Labute approximate surface area is 143 Å². The zero-order valence-electron chi connectivity index (χ0n) is 12.7. The number of nitrogens with one attached hydrogen (secondary N) is 1. The van der Waals surface area contributed by atoms with Gasteiger partial charge in [0.2, 0.25) is 5.91 Å². The molecule has 0 saturated carbocycles. The fourth-order valence-electron chi connectivity index (χ4n) is 1.55. The maximum Gasteiger partial charge on any atom is 0.269 e. The van der Waals surface area contributed by atoms with Crippen molar-refractivity contribution in [2.75, 3.05) is 11.9 Å². The number of aliphatic imine (C=N–C) groups is 1. The van der Waals surface area contributed by atoms with Crippen LogP contribution in [0.5, 0.6) is 0 Å². The summed E-state index contributed by atoms with van der Waals surface area (Å²) in [6.45, 7) is 0.404. The van der Waals surface area contributed by atoms with Crippen LogP contribution in [0.25, 0.3) is 0 Å². The molecule has 10 N–H and O–H groups in total. The molecule has 1 aromatic rings. The molecule has 0 aliphatic heterocycles. The SMILES string of the molecule is NC(N)=NCCC[C@H](N)C(=O)Nc1ccc([N+](=O)[O-])cc1.O.OCl. The van der Waals surface area contributed by atoms with Gasteiger partial charge in [-0.1, -0.05) is 0 Å².